The van der Waals surface area contributed by atoms with Crippen molar-refractivity contribution in [2.75, 3.05) is 5.32 Å². The van der Waals surface area contributed by atoms with Crippen LogP contribution in [-0.4, -0.2) is 5.91 Å². The molecule has 1 aromatic carbocycles. The summed E-state index contributed by atoms with van der Waals surface area (Å²) in [6.07, 6.45) is 0. The minimum absolute atomic E-state index is 0.203. The van der Waals surface area contributed by atoms with Crippen molar-refractivity contribution in [1.29, 1.82) is 0 Å². The van der Waals surface area contributed by atoms with Crippen LogP contribution in [-0.2, 0) is 0 Å². The number of nitrogens with one attached hydrogen (secondary N) is 1. The highest BCUT2D eigenvalue weighted by molar-refractivity contribution is 14.1. The highest BCUT2D eigenvalue weighted by atomic mass is 127. The predicted molar refractivity (Wildman–Crippen MR) is 71.4 cm³/mol. The molecule has 0 atom stereocenters. The first-order chi connectivity index (χ1) is 7.66. The van der Waals surface area contributed by atoms with Crippen molar-refractivity contribution < 1.29 is 9.18 Å². The average molecular weight is 347 g/mol. The van der Waals surface area contributed by atoms with Gasteiger partial charge in [0.05, 0.1) is 14.1 Å². The summed E-state index contributed by atoms with van der Waals surface area (Å²) in [4.78, 5) is 11.7. The fourth-order valence-electron chi connectivity index (χ4n) is 1.19. The number of halogens is 2. The Labute approximate surface area is 110 Å². The van der Waals surface area contributed by atoms with E-state index in [1.807, 2.05) is 0 Å². The fourth-order valence-corrected chi connectivity index (χ4v) is 2.51. The van der Waals surface area contributed by atoms with E-state index >= 15 is 0 Å². The van der Waals surface area contributed by atoms with Crippen LogP contribution in [0.25, 0.3) is 0 Å². The van der Waals surface area contributed by atoms with Crippen LogP contribution in [0, 0.1) is 8.70 Å². The van der Waals surface area contributed by atoms with Gasteiger partial charge in [-0.25, -0.2) is 4.39 Å². The zero-order chi connectivity index (χ0) is 11.5. The monoisotopic (exact) mass is 347 g/mol. The molecule has 5 heteroatoms. The summed E-state index contributed by atoms with van der Waals surface area (Å²) in [5.74, 6) is -0.718. The third-order valence-electron chi connectivity index (χ3n) is 1.95. The van der Waals surface area contributed by atoms with Crippen LogP contribution in [0.5, 0.6) is 0 Å². The van der Waals surface area contributed by atoms with E-state index in [0.717, 1.165) is 2.88 Å². The predicted octanol–water partition coefficient (Wildman–Crippen LogP) is 3.74. The molecule has 1 aromatic heterocycles. The molecule has 0 aliphatic carbocycles. The molecule has 82 valence electrons. The molecule has 0 saturated carbocycles. The maximum Gasteiger partial charge on any atom is 0.256 e. The van der Waals surface area contributed by atoms with Crippen LogP contribution in [0.3, 0.4) is 0 Å². The van der Waals surface area contributed by atoms with E-state index in [1.54, 1.807) is 23.6 Å². The van der Waals surface area contributed by atoms with Crippen molar-refractivity contribution in [2.24, 2.45) is 0 Å². The molecule has 0 unspecified atom stereocenters. The lowest BCUT2D eigenvalue weighted by atomic mass is 10.2. The maximum atomic E-state index is 13.3. The number of carbonyl (C=O) groups is 1. The van der Waals surface area contributed by atoms with Crippen LogP contribution in [0.1, 0.15) is 10.4 Å². The summed E-state index contributed by atoms with van der Waals surface area (Å²) in [6.45, 7) is 0. The summed E-state index contributed by atoms with van der Waals surface area (Å²) in [7, 11) is 0. The second kappa shape index (κ2) is 4.92. The van der Waals surface area contributed by atoms with Crippen LogP contribution in [0.4, 0.5) is 10.1 Å². The number of benzene rings is 1. The number of amides is 1. The van der Waals surface area contributed by atoms with Gasteiger partial charge in [0.15, 0.2) is 0 Å². The Morgan fingerprint density at radius 1 is 1.38 bits per heavy atom. The molecule has 0 aliphatic rings. The number of thiophene rings is 1. The van der Waals surface area contributed by atoms with E-state index in [1.165, 1.54) is 23.5 Å². The third-order valence-corrected chi connectivity index (χ3v) is 3.74. The first-order valence-corrected chi connectivity index (χ1v) is 6.42. The van der Waals surface area contributed by atoms with E-state index in [0.29, 0.717) is 5.56 Å². The van der Waals surface area contributed by atoms with Crippen molar-refractivity contribution in [2.45, 2.75) is 0 Å². The molecule has 2 nitrogen and oxygen atoms in total. The van der Waals surface area contributed by atoms with E-state index in [4.69, 9.17) is 0 Å². The van der Waals surface area contributed by atoms with Gasteiger partial charge in [0.2, 0.25) is 0 Å². The van der Waals surface area contributed by atoms with Crippen molar-refractivity contribution in [3.8, 4) is 0 Å². The van der Waals surface area contributed by atoms with E-state index < -0.39 is 5.82 Å². The highest BCUT2D eigenvalue weighted by Gasteiger charge is 2.10. The van der Waals surface area contributed by atoms with E-state index in [-0.39, 0.29) is 11.6 Å². The Morgan fingerprint density at radius 2 is 2.12 bits per heavy atom. The SMILES string of the molecule is O=C(Nc1ccccc1F)c1csc(I)c1. The van der Waals surface area contributed by atoms with E-state index in [2.05, 4.69) is 27.9 Å². The summed E-state index contributed by atoms with van der Waals surface area (Å²) in [5, 5.41) is 4.28. The Morgan fingerprint density at radius 3 is 2.75 bits per heavy atom. The molecule has 0 radical (unpaired) electrons. The van der Waals surface area contributed by atoms with Crippen LogP contribution in [0.2, 0.25) is 0 Å². The minimum Gasteiger partial charge on any atom is -0.319 e. The van der Waals surface area contributed by atoms with Gasteiger partial charge < -0.3 is 5.32 Å². The molecule has 1 N–H and O–H groups in total. The molecule has 2 aromatic rings. The zero-order valence-electron chi connectivity index (χ0n) is 8.04. The quantitative estimate of drug-likeness (QED) is 0.824. The van der Waals surface area contributed by atoms with Crippen molar-refractivity contribution in [3.05, 3.63) is 50.0 Å². The highest BCUT2D eigenvalue weighted by Crippen LogP contribution is 2.19. The number of para-hydroxylation sites is 1. The number of rotatable bonds is 2. The van der Waals surface area contributed by atoms with Gasteiger partial charge in [-0.1, -0.05) is 12.1 Å². The largest absolute Gasteiger partial charge is 0.319 e. The first-order valence-electron chi connectivity index (χ1n) is 4.47. The standard InChI is InChI=1S/C11H7FINOS/c12-8-3-1-2-4-9(8)14-11(15)7-5-10(13)16-6-7/h1-6H,(H,14,15). The topological polar surface area (TPSA) is 29.1 Å². The normalized spacial score (nSPS) is 10.1. The van der Waals surface area contributed by atoms with Crippen LogP contribution in [0.15, 0.2) is 35.7 Å². The summed E-state index contributed by atoms with van der Waals surface area (Å²) < 4.78 is 14.3. The van der Waals surface area contributed by atoms with Gasteiger partial charge in [0.1, 0.15) is 5.82 Å². The molecule has 0 bridgehead atoms. The van der Waals surface area contributed by atoms with Gasteiger partial charge in [0.25, 0.3) is 5.91 Å². The number of hydrogen-bond donors (Lipinski definition) is 1. The van der Waals surface area contributed by atoms with Crippen LogP contribution < -0.4 is 5.32 Å². The second-order valence-electron chi connectivity index (χ2n) is 3.07. The molecule has 1 heterocycles. The summed E-state index contributed by atoms with van der Waals surface area (Å²) in [5.41, 5.74) is 0.756. The van der Waals surface area contributed by atoms with Gasteiger partial charge in [-0.05, 0) is 40.8 Å². The molecule has 0 fully saturated rings. The number of anilines is 1. The second-order valence-corrected chi connectivity index (χ2v) is 5.88. The molecule has 16 heavy (non-hydrogen) atoms. The molecule has 0 spiro atoms. The fraction of sp³-hybridized carbons (Fsp3) is 0. The van der Waals surface area contributed by atoms with Crippen molar-refractivity contribution >= 4 is 45.5 Å². The van der Waals surface area contributed by atoms with E-state index in [9.17, 15) is 9.18 Å². The van der Waals surface area contributed by atoms with Gasteiger partial charge in [-0.3, -0.25) is 4.79 Å². The maximum absolute atomic E-state index is 13.3. The van der Waals surface area contributed by atoms with Gasteiger partial charge in [0, 0.05) is 5.38 Å². The third kappa shape index (κ3) is 2.59. The minimum atomic E-state index is -0.430. The Kier molecular flexibility index (Phi) is 3.55. The number of carbonyl (C=O) groups excluding carboxylic acids is 1. The molecule has 1 amide bonds. The molecule has 2 rings (SSSR count). The van der Waals surface area contributed by atoms with Crippen molar-refractivity contribution in [1.82, 2.24) is 0 Å². The van der Waals surface area contributed by atoms with Crippen LogP contribution >= 0.6 is 33.9 Å². The Balaban J connectivity index is 2.17. The molecular formula is C11H7FINOS. The Hall–Kier alpha value is -0.950. The van der Waals surface area contributed by atoms with Crippen molar-refractivity contribution in [3.63, 3.8) is 0 Å². The lowest BCUT2D eigenvalue weighted by Gasteiger charge is -2.04. The Bertz CT molecular complexity index is 526. The smallest absolute Gasteiger partial charge is 0.256 e. The summed E-state index contributed by atoms with van der Waals surface area (Å²) in [6, 6.07) is 7.87. The zero-order valence-corrected chi connectivity index (χ0v) is 11.0. The average Bonchev–Trinajstić information content (AvgIpc) is 2.68. The number of hydrogen-bond acceptors (Lipinski definition) is 2. The lowest BCUT2D eigenvalue weighted by Crippen LogP contribution is -2.11. The molecular weight excluding hydrogens is 340 g/mol. The summed E-state index contributed by atoms with van der Waals surface area (Å²) >= 11 is 3.62. The molecule has 0 saturated heterocycles. The van der Waals surface area contributed by atoms with Gasteiger partial charge >= 0.3 is 0 Å². The lowest BCUT2D eigenvalue weighted by molar-refractivity contribution is 0.102. The van der Waals surface area contributed by atoms with Gasteiger partial charge in [-0.2, -0.15) is 0 Å². The first kappa shape index (κ1) is 11.5. The molecule has 0 aliphatic heterocycles. The van der Waals surface area contributed by atoms with Gasteiger partial charge in [-0.15, -0.1) is 11.3 Å².